The van der Waals surface area contributed by atoms with E-state index in [4.69, 9.17) is 15.0 Å². The van der Waals surface area contributed by atoms with Crippen molar-refractivity contribution in [2.75, 3.05) is 42.9 Å². The van der Waals surface area contributed by atoms with Gasteiger partial charge in [-0.2, -0.15) is 14.3 Å². The first kappa shape index (κ1) is 28.9. The summed E-state index contributed by atoms with van der Waals surface area (Å²) in [5.41, 5.74) is 2.61. The summed E-state index contributed by atoms with van der Waals surface area (Å²) >= 11 is 0. The van der Waals surface area contributed by atoms with Gasteiger partial charge in [0.25, 0.3) is 0 Å². The highest BCUT2D eigenvalue weighted by Crippen LogP contribution is 2.26. The Balaban J connectivity index is 1.40. The summed E-state index contributed by atoms with van der Waals surface area (Å²) in [6.07, 6.45) is 6.42. The van der Waals surface area contributed by atoms with Crippen LogP contribution in [0.5, 0.6) is 0 Å². The van der Waals surface area contributed by atoms with Gasteiger partial charge in [0, 0.05) is 32.7 Å². The Hall–Kier alpha value is -3.57. The first-order valence-corrected chi connectivity index (χ1v) is 15.8. The third-order valence-corrected chi connectivity index (χ3v) is 9.64. The molecule has 4 aromatic rings. The Morgan fingerprint density at radius 1 is 0.976 bits per heavy atom. The Kier molecular flexibility index (Phi) is 9.14. The van der Waals surface area contributed by atoms with E-state index >= 15 is 0 Å². The lowest BCUT2D eigenvalue weighted by molar-refractivity contribution is 0.382. The standard InChI is InChI=1S/C30H38FN7O2S/c1-3-5-9-23(4-2)20-32-28-27-29(37(22-33-27)21-24-10-7-6-8-11-24)35-30(34-28)36-16-18-38(19-17-36)41(39,40)26-14-12-25(31)13-15-26/h6-8,10-15,22-23H,3-5,9,16-21H2,1-2H3,(H,32,34,35). The maximum Gasteiger partial charge on any atom is 0.243 e. The molecule has 1 aliphatic rings. The van der Waals surface area contributed by atoms with Gasteiger partial charge in [-0.05, 0) is 42.2 Å². The van der Waals surface area contributed by atoms with Crippen molar-refractivity contribution < 1.29 is 12.8 Å². The van der Waals surface area contributed by atoms with E-state index in [1.54, 1.807) is 0 Å². The number of sulfonamides is 1. The third kappa shape index (κ3) is 6.68. The second kappa shape index (κ2) is 12.9. The summed E-state index contributed by atoms with van der Waals surface area (Å²) in [6, 6.07) is 15.1. The number of halogens is 1. The van der Waals surface area contributed by atoms with Gasteiger partial charge in [0.05, 0.1) is 17.8 Å². The second-order valence-electron chi connectivity index (χ2n) is 10.5. The summed E-state index contributed by atoms with van der Waals surface area (Å²) < 4.78 is 43.1. The molecule has 1 aliphatic heterocycles. The van der Waals surface area contributed by atoms with Crippen molar-refractivity contribution >= 4 is 33.0 Å². The van der Waals surface area contributed by atoms with Crippen LogP contribution in [-0.4, -0.2) is 65.0 Å². The monoisotopic (exact) mass is 579 g/mol. The van der Waals surface area contributed by atoms with Gasteiger partial charge in [0.1, 0.15) is 5.82 Å². The lowest BCUT2D eigenvalue weighted by atomic mass is 9.99. The Morgan fingerprint density at radius 2 is 1.71 bits per heavy atom. The summed E-state index contributed by atoms with van der Waals surface area (Å²) in [7, 11) is -3.72. The van der Waals surface area contributed by atoms with Crippen molar-refractivity contribution in [3.8, 4) is 0 Å². The van der Waals surface area contributed by atoms with Crippen LogP contribution in [0, 0.1) is 11.7 Å². The molecule has 0 amide bonds. The Labute approximate surface area is 241 Å². The van der Waals surface area contributed by atoms with E-state index in [-0.39, 0.29) is 18.0 Å². The highest BCUT2D eigenvalue weighted by atomic mass is 32.2. The lowest BCUT2D eigenvalue weighted by Crippen LogP contribution is -2.49. The zero-order valence-electron chi connectivity index (χ0n) is 23.7. The van der Waals surface area contributed by atoms with E-state index in [0.29, 0.717) is 37.3 Å². The molecule has 9 nitrogen and oxygen atoms in total. The maximum absolute atomic E-state index is 13.4. The number of anilines is 2. The molecule has 2 aromatic carbocycles. The quantitative estimate of drug-likeness (QED) is 0.248. The molecule has 0 spiro atoms. The zero-order valence-corrected chi connectivity index (χ0v) is 24.5. The fourth-order valence-corrected chi connectivity index (χ4v) is 6.58. The highest BCUT2D eigenvalue weighted by Gasteiger charge is 2.30. The fraction of sp³-hybridized carbons (Fsp3) is 0.433. The van der Waals surface area contributed by atoms with Crippen LogP contribution in [0.2, 0.25) is 0 Å². The van der Waals surface area contributed by atoms with E-state index in [2.05, 4.69) is 31.3 Å². The minimum absolute atomic E-state index is 0.0925. The van der Waals surface area contributed by atoms with Crippen LogP contribution in [0.25, 0.3) is 11.2 Å². The second-order valence-corrected chi connectivity index (χ2v) is 12.5. The molecule has 1 unspecified atom stereocenters. The SMILES string of the molecule is CCCCC(CC)CNc1nc(N2CCN(S(=O)(=O)c3ccc(F)cc3)CC2)nc2c1ncn2Cc1ccccc1. The van der Waals surface area contributed by atoms with Crippen molar-refractivity contribution in [3.63, 3.8) is 0 Å². The van der Waals surface area contributed by atoms with Crippen molar-refractivity contribution in [1.82, 2.24) is 23.8 Å². The summed E-state index contributed by atoms with van der Waals surface area (Å²) in [5, 5.41) is 3.57. The Morgan fingerprint density at radius 3 is 2.39 bits per heavy atom. The number of aromatic nitrogens is 4. The molecule has 1 atom stereocenters. The van der Waals surface area contributed by atoms with Gasteiger partial charge in [-0.1, -0.05) is 63.4 Å². The van der Waals surface area contributed by atoms with Gasteiger partial charge in [-0.15, -0.1) is 0 Å². The lowest BCUT2D eigenvalue weighted by Gasteiger charge is -2.34. The van der Waals surface area contributed by atoms with Crippen LogP contribution in [0.3, 0.4) is 0 Å². The molecule has 0 aliphatic carbocycles. The van der Waals surface area contributed by atoms with Gasteiger partial charge in [0.2, 0.25) is 16.0 Å². The topological polar surface area (TPSA) is 96.2 Å². The number of hydrogen-bond acceptors (Lipinski definition) is 7. The molecule has 11 heteroatoms. The number of nitrogens with zero attached hydrogens (tertiary/aromatic N) is 6. The van der Waals surface area contributed by atoms with Crippen LogP contribution in [0.1, 0.15) is 45.1 Å². The normalized spacial score (nSPS) is 15.3. The van der Waals surface area contributed by atoms with Crippen LogP contribution in [0.15, 0.2) is 65.8 Å². The van der Waals surface area contributed by atoms with Gasteiger partial charge in [-0.25, -0.2) is 17.8 Å². The van der Waals surface area contributed by atoms with Crippen molar-refractivity contribution in [2.24, 2.45) is 5.92 Å². The average Bonchev–Trinajstić information content (AvgIpc) is 3.40. The smallest absolute Gasteiger partial charge is 0.243 e. The number of rotatable bonds is 12. The predicted octanol–water partition coefficient (Wildman–Crippen LogP) is 5.15. The highest BCUT2D eigenvalue weighted by molar-refractivity contribution is 7.89. The van der Waals surface area contributed by atoms with Crippen molar-refractivity contribution in [3.05, 3.63) is 72.3 Å². The molecule has 0 bridgehead atoms. The summed E-state index contributed by atoms with van der Waals surface area (Å²) in [6.45, 7) is 7.30. The number of hydrogen-bond donors (Lipinski definition) is 1. The Bertz CT molecular complexity index is 1540. The van der Waals surface area contributed by atoms with E-state index in [9.17, 15) is 12.8 Å². The number of piperazine rings is 1. The maximum atomic E-state index is 13.4. The molecular formula is C30H38FN7O2S. The largest absolute Gasteiger partial charge is 0.368 e. The number of fused-ring (bicyclic) bond motifs is 1. The van der Waals surface area contributed by atoms with E-state index in [1.807, 2.05) is 34.0 Å². The van der Waals surface area contributed by atoms with E-state index in [1.165, 1.54) is 41.4 Å². The minimum atomic E-state index is -3.72. The number of unbranched alkanes of at least 4 members (excludes halogenated alkanes) is 1. The summed E-state index contributed by atoms with van der Waals surface area (Å²) in [4.78, 5) is 16.6. The van der Waals surface area contributed by atoms with Crippen molar-refractivity contribution in [1.29, 1.82) is 0 Å². The number of benzene rings is 2. The van der Waals surface area contributed by atoms with Gasteiger partial charge < -0.3 is 14.8 Å². The van der Waals surface area contributed by atoms with Gasteiger partial charge in [0.15, 0.2) is 17.0 Å². The first-order chi connectivity index (χ1) is 19.9. The molecule has 41 heavy (non-hydrogen) atoms. The number of imidazole rings is 1. The van der Waals surface area contributed by atoms with Crippen LogP contribution in [0.4, 0.5) is 16.2 Å². The van der Waals surface area contributed by atoms with Gasteiger partial charge >= 0.3 is 0 Å². The van der Waals surface area contributed by atoms with Gasteiger partial charge in [-0.3, -0.25) is 0 Å². The molecule has 3 heterocycles. The minimum Gasteiger partial charge on any atom is -0.368 e. The predicted molar refractivity (Wildman–Crippen MR) is 160 cm³/mol. The average molecular weight is 580 g/mol. The van der Waals surface area contributed by atoms with Crippen LogP contribution < -0.4 is 10.2 Å². The summed E-state index contributed by atoms with van der Waals surface area (Å²) in [5.74, 6) is 1.33. The molecule has 1 fully saturated rings. The molecule has 0 saturated carbocycles. The van der Waals surface area contributed by atoms with Crippen LogP contribution >= 0.6 is 0 Å². The molecular weight excluding hydrogens is 541 g/mol. The third-order valence-electron chi connectivity index (χ3n) is 7.72. The van der Waals surface area contributed by atoms with E-state index in [0.717, 1.165) is 36.1 Å². The van der Waals surface area contributed by atoms with Crippen LogP contribution in [-0.2, 0) is 16.6 Å². The zero-order chi connectivity index (χ0) is 28.8. The molecule has 1 saturated heterocycles. The molecule has 218 valence electrons. The molecule has 2 aromatic heterocycles. The first-order valence-electron chi connectivity index (χ1n) is 14.4. The number of nitrogens with one attached hydrogen (secondary N) is 1. The van der Waals surface area contributed by atoms with E-state index < -0.39 is 15.8 Å². The molecule has 5 rings (SSSR count). The molecule has 1 N–H and O–H groups in total. The fourth-order valence-electron chi connectivity index (χ4n) is 5.16. The van der Waals surface area contributed by atoms with Crippen molar-refractivity contribution in [2.45, 2.75) is 51.0 Å². The molecule has 0 radical (unpaired) electrons.